The van der Waals surface area contributed by atoms with E-state index in [1.54, 1.807) is 6.20 Å². The van der Waals surface area contributed by atoms with E-state index in [1.165, 1.54) is 5.69 Å². The maximum absolute atomic E-state index is 12.7. The quantitative estimate of drug-likeness (QED) is 0.840. The van der Waals surface area contributed by atoms with Gasteiger partial charge < -0.3 is 14.7 Å². The Bertz CT molecular complexity index is 675. The molecule has 0 saturated carbocycles. The standard InChI is InChI=1S/C20H26N4O/c1-3-22(4-2)18-10-11-19(21-16-18)20(25)24-14-12-23(13-15-24)17-8-6-5-7-9-17/h5-11,16H,3-4,12-15H2,1-2H3. The van der Waals surface area contributed by atoms with Gasteiger partial charge in [-0.1, -0.05) is 18.2 Å². The van der Waals surface area contributed by atoms with E-state index in [4.69, 9.17) is 0 Å². The van der Waals surface area contributed by atoms with E-state index >= 15 is 0 Å². The van der Waals surface area contributed by atoms with Gasteiger partial charge in [-0.05, 0) is 38.1 Å². The minimum Gasteiger partial charge on any atom is -0.371 e. The number of benzene rings is 1. The number of carbonyl (C=O) groups excluding carboxylic acids is 1. The predicted molar refractivity (Wildman–Crippen MR) is 102 cm³/mol. The molecule has 1 aromatic carbocycles. The molecule has 1 aliphatic rings. The summed E-state index contributed by atoms with van der Waals surface area (Å²) in [6, 6.07) is 14.2. The van der Waals surface area contributed by atoms with Gasteiger partial charge in [0.25, 0.3) is 5.91 Å². The van der Waals surface area contributed by atoms with Gasteiger partial charge >= 0.3 is 0 Å². The number of para-hydroxylation sites is 1. The van der Waals surface area contributed by atoms with Crippen LogP contribution in [0, 0.1) is 0 Å². The summed E-state index contributed by atoms with van der Waals surface area (Å²) in [5.41, 5.74) is 2.82. The van der Waals surface area contributed by atoms with Crippen molar-refractivity contribution >= 4 is 17.3 Å². The molecule has 0 radical (unpaired) electrons. The van der Waals surface area contributed by atoms with Gasteiger partial charge in [0.1, 0.15) is 5.69 Å². The van der Waals surface area contributed by atoms with E-state index in [9.17, 15) is 4.79 Å². The maximum Gasteiger partial charge on any atom is 0.272 e. The number of nitrogens with zero attached hydrogens (tertiary/aromatic N) is 4. The van der Waals surface area contributed by atoms with Gasteiger partial charge in [0.2, 0.25) is 0 Å². The lowest BCUT2D eigenvalue weighted by molar-refractivity contribution is 0.0741. The highest BCUT2D eigenvalue weighted by molar-refractivity contribution is 5.92. The third-order valence-electron chi connectivity index (χ3n) is 4.78. The summed E-state index contributed by atoms with van der Waals surface area (Å²) in [6.45, 7) is 9.28. The highest BCUT2D eigenvalue weighted by atomic mass is 16.2. The lowest BCUT2D eigenvalue weighted by atomic mass is 10.2. The fourth-order valence-electron chi connectivity index (χ4n) is 3.26. The van der Waals surface area contributed by atoms with Crippen molar-refractivity contribution in [3.05, 3.63) is 54.4 Å². The fourth-order valence-corrected chi connectivity index (χ4v) is 3.26. The topological polar surface area (TPSA) is 39.7 Å². The molecular formula is C20H26N4O. The van der Waals surface area contributed by atoms with E-state index < -0.39 is 0 Å². The van der Waals surface area contributed by atoms with Crippen LogP contribution in [0.25, 0.3) is 0 Å². The van der Waals surface area contributed by atoms with Crippen LogP contribution in [0.1, 0.15) is 24.3 Å². The van der Waals surface area contributed by atoms with Crippen molar-refractivity contribution in [2.45, 2.75) is 13.8 Å². The molecule has 1 saturated heterocycles. The molecule has 1 amide bonds. The van der Waals surface area contributed by atoms with Crippen LogP contribution in [-0.4, -0.2) is 55.1 Å². The van der Waals surface area contributed by atoms with Crippen LogP contribution >= 0.6 is 0 Å². The van der Waals surface area contributed by atoms with Gasteiger partial charge in [0.05, 0.1) is 11.9 Å². The van der Waals surface area contributed by atoms with E-state index in [-0.39, 0.29) is 5.91 Å². The summed E-state index contributed by atoms with van der Waals surface area (Å²) in [6.07, 6.45) is 1.81. The summed E-state index contributed by atoms with van der Waals surface area (Å²) in [4.78, 5) is 23.5. The van der Waals surface area contributed by atoms with Crippen molar-refractivity contribution < 1.29 is 4.79 Å². The summed E-state index contributed by atoms with van der Waals surface area (Å²) >= 11 is 0. The van der Waals surface area contributed by atoms with Crippen LogP contribution in [0.5, 0.6) is 0 Å². The number of amides is 1. The first-order chi connectivity index (χ1) is 12.2. The van der Waals surface area contributed by atoms with Crippen molar-refractivity contribution in [3.8, 4) is 0 Å². The molecule has 0 bridgehead atoms. The van der Waals surface area contributed by atoms with Gasteiger partial charge in [-0.2, -0.15) is 0 Å². The lowest BCUT2D eigenvalue weighted by Crippen LogP contribution is -2.49. The maximum atomic E-state index is 12.7. The molecule has 132 valence electrons. The first-order valence-electron chi connectivity index (χ1n) is 9.03. The monoisotopic (exact) mass is 338 g/mol. The minimum absolute atomic E-state index is 0.0267. The third kappa shape index (κ3) is 3.92. The summed E-state index contributed by atoms with van der Waals surface area (Å²) in [5.74, 6) is 0.0267. The van der Waals surface area contributed by atoms with E-state index in [2.05, 4.69) is 40.8 Å². The van der Waals surface area contributed by atoms with Crippen molar-refractivity contribution in [3.63, 3.8) is 0 Å². The largest absolute Gasteiger partial charge is 0.371 e. The molecule has 2 aromatic rings. The van der Waals surface area contributed by atoms with Crippen LogP contribution in [0.3, 0.4) is 0 Å². The second kappa shape index (κ2) is 8.01. The zero-order valence-electron chi connectivity index (χ0n) is 15.1. The fraction of sp³-hybridized carbons (Fsp3) is 0.400. The smallest absolute Gasteiger partial charge is 0.272 e. The van der Waals surface area contributed by atoms with Crippen molar-refractivity contribution in [1.82, 2.24) is 9.88 Å². The number of anilines is 2. The summed E-state index contributed by atoms with van der Waals surface area (Å²) in [7, 11) is 0. The molecule has 25 heavy (non-hydrogen) atoms. The van der Waals surface area contributed by atoms with Crippen LogP contribution < -0.4 is 9.80 Å². The molecule has 5 nitrogen and oxygen atoms in total. The molecule has 1 aliphatic heterocycles. The number of aromatic nitrogens is 1. The van der Waals surface area contributed by atoms with Gasteiger partial charge in [-0.3, -0.25) is 4.79 Å². The number of pyridine rings is 1. The molecule has 3 rings (SSSR count). The second-order valence-electron chi connectivity index (χ2n) is 6.19. The molecule has 0 atom stereocenters. The van der Waals surface area contributed by atoms with Gasteiger partial charge in [0.15, 0.2) is 0 Å². The molecule has 1 fully saturated rings. The van der Waals surface area contributed by atoms with E-state index in [0.29, 0.717) is 5.69 Å². The summed E-state index contributed by atoms with van der Waals surface area (Å²) in [5, 5.41) is 0. The predicted octanol–water partition coefficient (Wildman–Crippen LogP) is 2.89. The number of piperazine rings is 1. The Kier molecular flexibility index (Phi) is 5.53. The van der Waals surface area contributed by atoms with Gasteiger partial charge in [-0.15, -0.1) is 0 Å². The molecular weight excluding hydrogens is 312 g/mol. The number of rotatable bonds is 5. The Hall–Kier alpha value is -2.56. The first kappa shape index (κ1) is 17.3. The Labute approximate surface area is 149 Å². The molecule has 0 N–H and O–H groups in total. The highest BCUT2D eigenvalue weighted by Crippen LogP contribution is 2.17. The molecule has 0 aliphatic carbocycles. The Morgan fingerprint density at radius 3 is 2.24 bits per heavy atom. The Balaban J connectivity index is 1.61. The zero-order chi connectivity index (χ0) is 17.6. The van der Waals surface area contributed by atoms with Crippen LogP contribution in [0.15, 0.2) is 48.7 Å². The van der Waals surface area contributed by atoms with Crippen molar-refractivity contribution in [1.29, 1.82) is 0 Å². The average Bonchev–Trinajstić information content (AvgIpc) is 2.70. The number of carbonyl (C=O) groups is 1. The van der Waals surface area contributed by atoms with Crippen molar-refractivity contribution in [2.24, 2.45) is 0 Å². The lowest BCUT2D eigenvalue weighted by Gasteiger charge is -2.36. The first-order valence-corrected chi connectivity index (χ1v) is 9.03. The van der Waals surface area contributed by atoms with Crippen LogP contribution in [0.2, 0.25) is 0 Å². The number of hydrogen-bond acceptors (Lipinski definition) is 4. The van der Waals surface area contributed by atoms with E-state index in [1.807, 2.05) is 35.2 Å². The van der Waals surface area contributed by atoms with Gasteiger partial charge in [-0.25, -0.2) is 4.98 Å². The molecule has 1 aromatic heterocycles. The number of hydrogen-bond donors (Lipinski definition) is 0. The van der Waals surface area contributed by atoms with Gasteiger partial charge in [0, 0.05) is 45.0 Å². The van der Waals surface area contributed by atoms with Crippen LogP contribution in [0.4, 0.5) is 11.4 Å². The Morgan fingerprint density at radius 1 is 1.00 bits per heavy atom. The second-order valence-corrected chi connectivity index (χ2v) is 6.19. The molecule has 5 heteroatoms. The summed E-state index contributed by atoms with van der Waals surface area (Å²) < 4.78 is 0. The Morgan fingerprint density at radius 2 is 1.68 bits per heavy atom. The van der Waals surface area contributed by atoms with E-state index in [0.717, 1.165) is 45.0 Å². The average molecular weight is 338 g/mol. The zero-order valence-corrected chi connectivity index (χ0v) is 15.1. The minimum atomic E-state index is 0.0267. The highest BCUT2D eigenvalue weighted by Gasteiger charge is 2.23. The van der Waals surface area contributed by atoms with Crippen LogP contribution in [-0.2, 0) is 0 Å². The van der Waals surface area contributed by atoms with Crippen molar-refractivity contribution in [2.75, 3.05) is 49.1 Å². The third-order valence-corrected chi connectivity index (χ3v) is 4.78. The normalized spacial score (nSPS) is 14.5. The molecule has 2 heterocycles. The molecule has 0 spiro atoms. The molecule has 0 unspecified atom stereocenters. The SMILES string of the molecule is CCN(CC)c1ccc(C(=O)N2CCN(c3ccccc3)CC2)nc1.